The maximum atomic E-state index is 14.0. The smallest absolute Gasteiger partial charge is 0.255 e. The predicted molar refractivity (Wildman–Crippen MR) is 185 cm³/mol. The molecule has 3 heterocycles. The van der Waals surface area contributed by atoms with Gasteiger partial charge in [-0.2, -0.15) is 5.10 Å². The summed E-state index contributed by atoms with van der Waals surface area (Å²) in [6, 6.07) is 15.8. The van der Waals surface area contributed by atoms with E-state index in [1.807, 2.05) is 56.4 Å². The third-order valence-electron chi connectivity index (χ3n) is 8.70. The molecule has 0 aliphatic carbocycles. The van der Waals surface area contributed by atoms with Gasteiger partial charge in [-0.05, 0) is 107 Å². The van der Waals surface area contributed by atoms with Crippen LogP contribution in [0, 0.1) is 18.7 Å². The number of aromatic amines is 1. The summed E-state index contributed by atoms with van der Waals surface area (Å²) < 4.78 is 21.7. The number of aliphatic imine (C=N–C) groups is 1. The van der Waals surface area contributed by atoms with Crippen molar-refractivity contribution in [1.82, 2.24) is 24.6 Å². The Kier molecular flexibility index (Phi) is 9.79. The fourth-order valence-corrected chi connectivity index (χ4v) is 6.05. The van der Waals surface area contributed by atoms with Crippen LogP contribution in [0.3, 0.4) is 0 Å². The number of aryl methyl sites for hydroxylation is 2. The molecule has 1 aliphatic heterocycles. The second-order valence-corrected chi connectivity index (χ2v) is 12.3. The summed E-state index contributed by atoms with van der Waals surface area (Å²) in [4.78, 5) is 24.3. The number of nitrogens with zero attached hydrogens (tertiary/aromatic N) is 5. The lowest BCUT2D eigenvalue weighted by Gasteiger charge is -2.31. The first-order chi connectivity index (χ1) is 22.8. The topological polar surface area (TPSA) is 100 Å². The molecule has 47 heavy (non-hydrogen) atoms. The lowest BCUT2D eigenvalue weighted by molar-refractivity contribution is 0.102. The van der Waals surface area contributed by atoms with E-state index in [1.165, 1.54) is 6.07 Å². The van der Waals surface area contributed by atoms with Gasteiger partial charge in [-0.25, -0.2) is 14.4 Å². The molecule has 242 valence electrons. The Bertz CT molecular complexity index is 1990. The highest BCUT2D eigenvalue weighted by Crippen LogP contribution is 2.25. The van der Waals surface area contributed by atoms with E-state index in [4.69, 9.17) is 21.3 Å². The van der Waals surface area contributed by atoms with Crippen LogP contribution in [0.4, 0.5) is 10.1 Å². The van der Waals surface area contributed by atoms with E-state index in [2.05, 4.69) is 42.8 Å². The van der Waals surface area contributed by atoms with E-state index in [9.17, 15) is 9.18 Å². The monoisotopic (exact) mass is 653 g/mol. The van der Waals surface area contributed by atoms with E-state index in [-0.39, 0.29) is 12.5 Å². The van der Waals surface area contributed by atoms with E-state index in [0.717, 1.165) is 78.0 Å². The first-order valence-corrected chi connectivity index (χ1v) is 16.0. The third-order valence-corrected chi connectivity index (χ3v) is 8.94. The zero-order valence-electron chi connectivity index (χ0n) is 26.5. The van der Waals surface area contributed by atoms with Crippen molar-refractivity contribution in [3.63, 3.8) is 0 Å². The number of rotatable bonds is 11. The predicted octanol–water partition coefficient (Wildman–Crippen LogP) is 7.72. The minimum absolute atomic E-state index is 0.0478. The SMILES string of the molecule is C=N/C(=C\C=C/CC1CCN(Cc2nc3cc(C(=O)Nc4ccc5n[nH]c(C)c5c4)ccc3n2C)CC1)OCc1ccc(Cl)cc1F. The van der Waals surface area contributed by atoms with E-state index in [0.29, 0.717) is 28.0 Å². The highest BCUT2D eigenvalue weighted by molar-refractivity contribution is 6.30. The quantitative estimate of drug-likeness (QED) is 0.0864. The van der Waals surface area contributed by atoms with Crippen LogP contribution in [-0.2, 0) is 24.9 Å². The van der Waals surface area contributed by atoms with Gasteiger partial charge >= 0.3 is 0 Å². The number of imidazole rings is 1. The average Bonchev–Trinajstić information content (AvgIpc) is 3.59. The molecule has 5 aromatic rings. The van der Waals surface area contributed by atoms with Crippen LogP contribution in [0.2, 0.25) is 5.02 Å². The lowest BCUT2D eigenvalue weighted by Crippen LogP contribution is -2.33. The molecule has 1 amide bonds. The van der Waals surface area contributed by atoms with Crippen LogP contribution in [0.25, 0.3) is 21.9 Å². The minimum Gasteiger partial charge on any atom is -0.473 e. The number of allylic oxidation sites excluding steroid dienone is 3. The average molecular weight is 654 g/mol. The first-order valence-electron chi connectivity index (χ1n) is 15.6. The van der Waals surface area contributed by atoms with Crippen molar-refractivity contribution in [3.8, 4) is 0 Å². The van der Waals surface area contributed by atoms with Gasteiger partial charge in [0.05, 0.1) is 23.1 Å². The number of halogens is 2. The summed E-state index contributed by atoms with van der Waals surface area (Å²) in [6.07, 6.45) is 8.91. The van der Waals surface area contributed by atoms with Crippen molar-refractivity contribution >= 4 is 51.8 Å². The van der Waals surface area contributed by atoms with Crippen molar-refractivity contribution in [2.24, 2.45) is 18.0 Å². The van der Waals surface area contributed by atoms with Crippen molar-refractivity contribution in [1.29, 1.82) is 0 Å². The summed E-state index contributed by atoms with van der Waals surface area (Å²) in [5.41, 5.74) is 5.32. The summed E-state index contributed by atoms with van der Waals surface area (Å²) in [6.45, 7) is 8.28. The molecule has 1 fully saturated rings. The third kappa shape index (κ3) is 7.61. The summed E-state index contributed by atoms with van der Waals surface area (Å²) >= 11 is 5.82. The Balaban J connectivity index is 0.992. The van der Waals surface area contributed by atoms with Crippen LogP contribution in [0.15, 0.2) is 83.7 Å². The molecule has 0 atom stereocenters. The fraction of sp³-hybridized carbons (Fsp3) is 0.278. The Morgan fingerprint density at radius 1 is 1.17 bits per heavy atom. The van der Waals surface area contributed by atoms with Gasteiger partial charge in [0.15, 0.2) is 0 Å². The van der Waals surface area contributed by atoms with E-state index in [1.54, 1.807) is 18.2 Å². The normalized spacial score (nSPS) is 14.8. The number of aromatic nitrogens is 4. The Labute approximate surface area is 277 Å². The van der Waals surface area contributed by atoms with Gasteiger partial charge in [-0.3, -0.25) is 14.8 Å². The van der Waals surface area contributed by atoms with Gasteiger partial charge in [0, 0.05) is 40.0 Å². The van der Waals surface area contributed by atoms with Gasteiger partial charge in [0.25, 0.3) is 5.91 Å². The molecule has 0 unspecified atom stereocenters. The van der Waals surface area contributed by atoms with Crippen molar-refractivity contribution in [2.75, 3.05) is 18.4 Å². The molecule has 9 nitrogen and oxygen atoms in total. The van der Waals surface area contributed by atoms with Gasteiger partial charge in [-0.1, -0.05) is 29.8 Å². The molecule has 1 saturated heterocycles. The second kappa shape index (κ2) is 14.3. The highest BCUT2D eigenvalue weighted by Gasteiger charge is 2.21. The Hall–Kier alpha value is -4.80. The number of hydrogen-bond acceptors (Lipinski definition) is 6. The number of nitrogens with one attached hydrogen (secondary N) is 2. The molecular weight excluding hydrogens is 617 g/mol. The maximum Gasteiger partial charge on any atom is 0.255 e. The molecule has 3 aromatic carbocycles. The van der Waals surface area contributed by atoms with E-state index < -0.39 is 5.82 Å². The first kappa shape index (κ1) is 32.2. The highest BCUT2D eigenvalue weighted by atomic mass is 35.5. The van der Waals surface area contributed by atoms with Crippen LogP contribution < -0.4 is 5.32 Å². The van der Waals surface area contributed by atoms with Crippen molar-refractivity contribution < 1.29 is 13.9 Å². The van der Waals surface area contributed by atoms with E-state index >= 15 is 0 Å². The number of amides is 1. The molecule has 0 radical (unpaired) electrons. The zero-order valence-corrected chi connectivity index (χ0v) is 27.2. The fourth-order valence-electron chi connectivity index (χ4n) is 5.89. The molecule has 2 N–H and O–H groups in total. The molecule has 0 saturated carbocycles. The number of H-pyrrole nitrogens is 1. The molecule has 11 heteroatoms. The standard InChI is InChI=1S/C36H37ClFN7O2/c1-23-29-20-28(11-12-31(29)43-42-23)40-36(46)25-9-13-33-32(18-25)41-34(44(33)3)21-45-16-14-24(15-17-45)6-4-5-7-35(39-2)47-22-26-8-10-27(37)19-30(26)38/h4-5,7-13,18-20,24H,2,6,14-17,21-22H2,1,3H3,(H,40,46)(H,42,43)/b5-4-,35-7+. The largest absolute Gasteiger partial charge is 0.473 e. The number of piperidine rings is 1. The van der Waals surface area contributed by atoms with Crippen LogP contribution in [0.1, 0.15) is 46.7 Å². The van der Waals surface area contributed by atoms with Crippen LogP contribution >= 0.6 is 11.6 Å². The van der Waals surface area contributed by atoms with Crippen LogP contribution in [0.5, 0.6) is 0 Å². The second-order valence-electron chi connectivity index (χ2n) is 11.9. The number of ether oxygens (including phenoxy) is 1. The number of anilines is 1. The number of benzene rings is 3. The number of likely N-dealkylation sites (tertiary alicyclic amines) is 1. The molecule has 6 rings (SSSR count). The van der Waals surface area contributed by atoms with Gasteiger partial charge in [0.1, 0.15) is 18.2 Å². The number of fused-ring (bicyclic) bond motifs is 2. The molecule has 1 aliphatic rings. The summed E-state index contributed by atoms with van der Waals surface area (Å²) in [5, 5.41) is 11.6. The van der Waals surface area contributed by atoms with Gasteiger partial charge in [-0.15, -0.1) is 0 Å². The van der Waals surface area contributed by atoms with Gasteiger partial charge < -0.3 is 14.6 Å². The maximum absolute atomic E-state index is 14.0. The van der Waals surface area contributed by atoms with Crippen LogP contribution in [-0.4, -0.2) is 50.4 Å². The number of hydrogen-bond donors (Lipinski definition) is 2. The van der Waals surface area contributed by atoms with Crippen molar-refractivity contribution in [2.45, 2.75) is 39.3 Å². The molecule has 0 bridgehead atoms. The number of carbonyl (C=O) groups excluding carboxylic acids is 1. The minimum atomic E-state index is -0.413. The summed E-state index contributed by atoms with van der Waals surface area (Å²) in [5.74, 6) is 1.31. The molecule has 0 spiro atoms. The number of carbonyl (C=O) groups is 1. The Morgan fingerprint density at radius 2 is 2.00 bits per heavy atom. The lowest BCUT2D eigenvalue weighted by atomic mass is 9.93. The zero-order chi connectivity index (χ0) is 32.9. The van der Waals surface area contributed by atoms with Crippen molar-refractivity contribution in [3.05, 3.63) is 112 Å². The summed E-state index contributed by atoms with van der Waals surface area (Å²) in [7, 11) is 2.03. The molecular formula is C36H37ClFN7O2. The molecule has 2 aromatic heterocycles. The van der Waals surface area contributed by atoms with Gasteiger partial charge in [0.2, 0.25) is 5.88 Å². The Morgan fingerprint density at radius 3 is 2.79 bits per heavy atom.